The van der Waals surface area contributed by atoms with Crippen molar-refractivity contribution >= 4 is 59.4 Å². The summed E-state index contributed by atoms with van der Waals surface area (Å²) in [5, 5.41) is 0. The number of rotatable bonds is 10. The second kappa shape index (κ2) is 16.4. The fourth-order valence-electron chi connectivity index (χ4n) is 8.15. The van der Waals surface area contributed by atoms with E-state index in [9.17, 15) is 0 Å². The summed E-state index contributed by atoms with van der Waals surface area (Å²) in [5.41, 5.74) is 18.1. The zero-order chi connectivity index (χ0) is 33.3. The molecular weight excluding hydrogens is 594 g/mol. The molecule has 4 aromatic rings. The van der Waals surface area contributed by atoms with Crippen molar-refractivity contribution in [2.45, 2.75) is 116 Å². The van der Waals surface area contributed by atoms with E-state index in [0.717, 1.165) is 0 Å². The van der Waals surface area contributed by atoms with Crippen LogP contribution < -0.4 is 0 Å². The van der Waals surface area contributed by atoms with Crippen LogP contribution in [0, 0.1) is 0 Å². The van der Waals surface area contributed by atoms with Crippen LogP contribution in [0.4, 0.5) is 0 Å². The van der Waals surface area contributed by atoms with E-state index in [0.29, 0.717) is 11.8 Å². The van der Waals surface area contributed by atoms with E-state index < -0.39 is 0 Å². The second-order valence-electron chi connectivity index (χ2n) is 16.2. The molecule has 248 valence electrons. The van der Waals surface area contributed by atoms with Gasteiger partial charge in [-0.25, -0.2) is 0 Å². The van der Waals surface area contributed by atoms with Crippen LogP contribution in [-0.2, 0) is 10.8 Å². The second-order valence-corrected chi connectivity index (χ2v) is 18.1. The molecule has 0 aromatic heterocycles. The Balaban J connectivity index is 0.00000270. The molecule has 4 aromatic carbocycles. The van der Waals surface area contributed by atoms with E-state index in [2.05, 4.69) is 152 Å². The van der Waals surface area contributed by atoms with Crippen molar-refractivity contribution in [3.8, 4) is 22.3 Å². The molecule has 0 heterocycles. The van der Waals surface area contributed by atoms with Gasteiger partial charge in [-0.05, 0) is 79.3 Å². The Kier molecular flexibility index (Phi) is 13.2. The van der Waals surface area contributed by atoms with Gasteiger partial charge in [-0.15, -0.1) is 0 Å². The summed E-state index contributed by atoms with van der Waals surface area (Å²) in [5.74, 6) is 1.19. The van der Waals surface area contributed by atoms with Gasteiger partial charge >= 0.3 is 37.7 Å². The Labute approximate surface area is 324 Å². The molecule has 0 aliphatic heterocycles. The third-order valence-corrected chi connectivity index (χ3v) is 12.7. The number of benzene rings is 4. The molecule has 0 radical (unpaired) electrons. The topological polar surface area (TPSA) is 0 Å². The minimum atomic E-state index is -0.298. The van der Waals surface area contributed by atoms with Gasteiger partial charge in [-0.1, -0.05) is 189 Å². The molecule has 0 saturated carbocycles. The maximum atomic E-state index is 2.58. The molecule has 3 heteroatoms. The monoisotopic (exact) mass is 652 g/mol. The van der Waals surface area contributed by atoms with Crippen LogP contribution in [0.5, 0.6) is 0 Å². The normalized spacial score (nSPS) is 16.9. The van der Waals surface area contributed by atoms with Gasteiger partial charge in [0.1, 0.15) is 0 Å². The number of fused-ring (bicyclic) bond motifs is 2. The van der Waals surface area contributed by atoms with Gasteiger partial charge in [0, 0.05) is 21.4 Å². The Hall–Kier alpha value is -2.23. The van der Waals surface area contributed by atoms with Gasteiger partial charge < -0.3 is 0 Å². The maximum absolute atomic E-state index is 2.58. The SMILES string of the molecule is CCCC1=Cc2c(-c3ccc(C(C)(C)C)cc3)cccc2C1C[SiH2]CC1C(CCC)=Cc2c(-c3ccc(C(C)(C)C)cc3)cccc21.[LiH].[LiH]. The first kappa shape index (κ1) is 39.6. The predicted octanol–water partition coefficient (Wildman–Crippen LogP) is 11.6. The van der Waals surface area contributed by atoms with Crippen molar-refractivity contribution in [3.05, 3.63) is 129 Å². The van der Waals surface area contributed by atoms with Crippen LogP contribution in [0.15, 0.2) is 96.1 Å². The molecule has 6 rings (SSSR count). The molecule has 0 amide bonds. The molecular formula is C46H58Li2Si. The Morgan fingerprint density at radius 2 is 0.878 bits per heavy atom. The third-order valence-electron chi connectivity index (χ3n) is 10.8. The van der Waals surface area contributed by atoms with Crippen LogP contribution >= 0.6 is 0 Å². The van der Waals surface area contributed by atoms with Crippen molar-refractivity contribution in [2.24, 2.45) is 0 Å². The zero-order valence-corrected chi connectivity index (χ0v) is 31.8. The average Bonchev–Trinajstić information content (AvgIpc) is 3.58. The minimum absolute atomic E-state index is 0. The number of allylic oxidation sites excluding steroid dienone is 2. The van der Waals surface area contributed by atoms with E-state index >= 15 is 0 Å². The molecule has 0 spiro atoms. The first-order valence-corrected chi connectivity index (χ1v) is 20.4. The van der Waals surface area contributed by atoms with Crippen LogP contribution in [0.25, 0.3) is 34.4 Å². The van der Waals surface area contributed by atoms with E-state index in [1.54, 1.807) is 22.3 Å². The number of hydrogen-bond acceptors (Lipinski definition) is 0. The van der Waals surface area contributed by atoms with Gasteiger partial charge in [0.15, 0.2) is 0 Å². The molecule has 0 fully saturated rings. The van der Waals surface area contributed by atoms with Crippen LogP contribution in [0.3, 0.4) is 0 Å². The Morgan fingerprint density at radius 3 is 1.20 bits per heavy atom. The molecule has 0 saturated heterocycles. The number of hydrogen-bond donors (Lipinski definition) is 0. The van der Waals surface area contributed by atoms with Gasteiger partial charge in [0.05, 0.1) is 0 Å². The first-order valence-electron chi connectivity index (χ1n) is 18.4. The van der Waals surface area contributed by atoms with E-state index in [1.807, 2.05) is 0 Å². The summed E-state index contributed by atoms with van der Waals surface area (Å²) in [6, 6.07) is 35.6. The Morgan fingerprint density at radius 1 is 0.510 bits per heavy atom. The summed E-state index contributed by atoms with van der Waals surface area (Å²) >= 11 is 0. The molecule has 2 unspecified atom stereocenters. The van der Waals surface area contributed by atoms with E-state index in [1.165, 1.54) is 82.3 Å². The van der Waals surface area contributed by atoms with Crippen molar-refractivity contribution in [1.29, 1.82) is 0 Å². The molecule has 0 nitrogen and oxygen atoms in total. The molecule has 49 heavy (non-hydrogen) atoms. The predicted molar refractivity (Wildman–Crippen MR) is 225 cm³/mol. The van der Waals surface area contributed by atoms with Crippen LogP contribution in [0.2, 0.25) is 12.1 Å². The van der Waals surface area contributed by atoms with Crippen molar-refractivity contribution in [3.63, 3.8) is 0 Å². The third kappa shape index (κ3) is 8.47. The average molecular weight is 653 g/mol. The summed E-state index contributed by atoms with van der Waals surface area (Å²) in [6.45, 7) is 18.5. The Bertz CT molecular complexity index is 1650. The molecule has 2 atom stereocenters. The first-order chi connectivity index (χ1) is 22.5. The summed E-state index contributed by atoms with van der Waals surface area (Å²) in [6.07, 6.45) is 10.0. The van der Waals surface area contributed by atoms with Gasteiger partial charge in [0.2, 0.25) is 0 Å². The van der Waals surface area contributed by atoms with Gasteiger partial charge in [-0.2, -0.15) is 0 Å². The molecule has 2 aliphatic carbocycles. The van der Waals surface area contributed by atoms with Crippen molar-refractivity contribution in [2.75, 3.05) is 0 Å². The molecule has 2 aliphatic rings. The summed E-state index contributed by atoms with van der Waals surface area (Å²) in [7, 11) is -0.298. The van der Waals surface area contributed by atoms with Gasteiger partial charge in [-0.3, -0.25) is 0 Å². The summed E-state index contributed by atoms with van der Waals surface area (Å²) < 4.78 is 0. The van der Waals surface area contributed by atoms with Crippen molar-refractivity contribution < 1.29 is 0 Å². The molecule has 0 N–H and O–H groups in total. The van der Waals surface area contributed by atoms with E-state index in [-0.39, 0.29) is 58.1 Å². The fourth-order valence-corrected chi connectivity index (χ4v) is 10.6. The zero-order valence-electron chi connectivity index (χ0n) is 30.3. The van der Waals surface area contributed by atoms with E-state index in [4.69, 9.17) is 0 Å². The quantitative estimate of drug-likeness (QED) is 0.150. The fraction of sp³-hybridized carbons (Fsp3) is 0.391. The summed E-state index contributed by atoms with van der Waals surface area (Å²) in [4.78, 5) is 0. The molecule has 0 bridgehead atoms. The van der Waals surface area contributed by atoms with Crippen LogP contribution in [-0.4, -0.2) is 47.2 Å². The van der Waals surface area contributed by atoms with Crippen molar-refractivity contribution in [1.82, 2.24) is 0 Å². The van der Waals surface area contributed by atoms with Crippen LogP contribution in [0.1, 0.15) is 126 Å². The standard InChI is InChI=1S/C46H56Si.2Li.2H/c1-9-13-33-27-41-37(31-19-23-35(24-20-31)45(3,4)5)15-11-17-39(41)43(33)29-47-30-44-34(14-10-2)28-42-38(16-12-18-40(42)44)32-21-25-36(26-22-32)46(6,7)8;;;;/h11-12,15-28,43-44H,9-10,13-14,29-30,47H2,1-8H3;;;;. The van der Waals surface area contributed by atoms with Gasteiger partial charge in [0.25, 0.3) is 0 Å².